The minimum atomic E-state index is -0.348. The molecule has 1 fully saturated rings. The fourth-order valence-electron chi connectivity index (χ4n) is 2.49. The quantitative estimate of drug-likeness (QED) is 0.833. The Kier molecular flexibility index (Phi) is 4.77. The topological polar surface area (TPSA) is 49.4 Å². The van der Waals surface area contributed by atoms with Gasteiger partial charge in [-0.1, -0.05) is 41.0 Å². The number of nitrogens with one attached hydrogen (secondary N) is 1. The molecule has 0 aromatic rings. The summed E-state index contributed by atoms with van der Waals surface area (Å²) in [6, 6.07) is -0.688. The van der Waals surface area contributed by atoms with Crippen molar-refractivity contribution >= 4 is 11.8 Å². The van der Waals surface area contributed by atoms with Crippen LogP contribution in [0.4, 0.5) is 0 Å². The lowest BCUT2D eigenvalue weighted by Gasteiger charge is -2.44. The Bertz CT molecular complexity index is 320. The number of carbonyl (C=O) groups is 2. The average Bonchev–Trinajstić information content (AvgIpc) is 2.27. The molecule has 4 nitrogen and oxygen atoms in total. The number of nitrogens with zero attached hydrogens (tertiary/aromatic N) is 1. The standard InChI is InChI=1S/C14H26N2O2/c1-6-8-9-16-11(14(3,4)5)12(17)15-10(7-2)13(16)18/h10-11H,6-9H2,1-5H3,(H,15,17). The fourth-order valence-corrected chi connectivity index (χ4v) is 2.49. The fraction of sp³-hybridized carbons (Fsp3) is 0.857. The molecule has 0 aliphatic carbocycles. The van der Waals surface area contributed by atoms with Crippen LogP contribution in [0, 0.1) is 5.41 Å². The molecule has 2 amide bonds. The van der Waals surface area contributed by atoms with E-state index in [0.29, 0.717) is 13.0 Å². The summed E-state index contributed by atoms with van der Waals surface area (Å²) in [7, 11) is 0. The van der Waals surface area contributed by atoms with Gasteiger partial charge in [-0.2, -0.15) is 0 Å². The summed E-state index contributed by atoms with van der Waals surface area (Å²) in [6.45, 7) is 10.7. The number of amides is 2. The molecule has 1 N–H and O–H groups in total. The summed E-state index contributed by atoms with van der Waals surface area (Å²) in [4.78, 5) is 26.4. The summed E-state index contributed by atoms with van der Waals surface area (Å²) < 4.78 is 0. The number of rotatable bonds is 4. The van der Waals surface area contributed by atoms with Crippen molar-refractivity contribution in [2.24, 2.45) is 5.41 Å². The lowest BCUT2D eigenvalue weighted by atomic mass is 9.83. The predicted molar refractivity (Wildman–Crippen MR) is 72.1 cm³/mol. The highest BCUT2D eigenvalue weighted by molar-refractivity contribution is 5.97. The van der Waals surface area contributed by atoms with Crippen molar-refractivity contribution < 1.29 is 9.59 Å². The summed E-state index contributed by atoms with van der Waals surface area (Å²) in [5.74, 6) is 0.0653. The molecular formula is C14H26N2O2. The summed E-state index contributed by atoms with van der Waals surface area (Å²) >= 11 is 0. The summed E-state index contributed by atoms with van der Waals surface area (Å²) in [6.07, 6.45) is 2.63. The molecule has 1 rings (SSSR count). The largest absolute Gasteiger partial charge is 0.342 e. The first-order valence-corrected chi connectivity index (χ1v) is 6.93. The molecule has 2 unspecified atom stereocenters. The van der Waals surface area contributed by atoms with Crippen molar-refractivity contribution in [2.75, 3.05) is 6.54 Å². The van der Waals surface area contributed by atoms with Gasteiger partial charge in [0.05, 0.1) is 0 Å². The maximum absolute atomic E-state index is 12.4. The zero-order chi connectivity index (χ0) is 13.9. The molecule has 1 aliphatic rings. The van der Waals surface area contributed by atoms with E-state index in [0.717, 1.165) is 12.8 Å². The third-order valence-electron chi connectivity index (χ3n) is 3.44. The molecule has 1 aliphatic heterocycles. The number of unbranched alkanes of at least 4 members (excludes halogenated alkanes) is 1. The van der Waals surface area contributed by atoms with Crippen molar-refractivity contribution in [2.45, 2.75) is 66.0 Å². The van der Waals surface area contributed by atoms with Crippen LogP contribution < -0.4 is 5.32 Å². The maximum Gasteiger partial charge on any atom is 0.245 e. The van der Waals surface area contributed by atoms with Gasteiger partial charge in [0.15, 0.2) is 0 Å². The van der Waals surface area contributed by atoms with E-state index < -0.39 is 0 Å². The van der Waals surface area contributed by atoms with E-state index in [1.54, 1.807) is 4.90 Å². The van der Waals surface area contributed by atoms with Gasteiger partial charge in [-0.05, 0) is 18.3 Å². The molecule has 0 aromatic heterocycles. The highest BCUT2D eigenvalue weighted by atomic mass is 16.2. The van der Waals surface area contributed by atoms with Crippen molar-refractivity contribution in [3.8, 4) is 0 Å². The van der Waals surface area contributed by atoms with Crippen molar-refractivity contribution in [1.82, 2.24) is 10.2 Å². The van der Waals surface area contributed by atoms with Crippen LogP contribution in [-0.4, -0.2) is 35.3 Å². The molecule has 1 saturated heterocycles. The second-order valence-corrected chi connectivity index (χ2v) is 6.12. The van der Waals surface area contributed by atoms with Crippen LogP contribution >= 0.6 is 0 Å². The van der Waals surface area contributed by atoms with Crippen molar-refractivity contribution in [1.29, 1.82) is 0 Å². The monoisotopic (exact) mass is 254 g/mol. The molecule has 0 saturated carbocycles. The lowest BCUT2D eigenvalue weighted by molar-refractivity contribution is -0.153. The smallest absolute Gasteiger partial charge is 0.245 e. The van der Waals surface area contributed by atoms with Crippen LogP contribution in [0.2, 0.25) is 0 Å². The van der Waals surface area contributed by atoms with Crippen LogP contribution in [0.3, 0.4) is 0 Å². The number of piperazine rings is 1. The van der Waals surface area contributed by atoms with E-state index >= 15 is 0 Å². The van der Waals surface area contributed by atoms with Gasteiger partial charge in [0.2, 0.25) is 11.8 Å². The van der Waals surface area contributed by atoms with E-state index in [2.05, 4.69) is 12.2 Å². The number of hydrogen-bond acceptors (Lipinski definition) is 2. The zero-order valence-corrected chi connectivity index (χ0v) is 12.2. The summed E-state index contributed by atoms with van der Waals surface area (Å²) in [5.41, 5.74) is -0.230. The van der Waals surface area contributed by atoms with Crippen molar-refractivity contribution in [3.05, 3.63) is 0 Å². The van der Waals surface area contributed by atoms with E-state index in [1.165, 1.54) is 0 Å². The van der Waals surface area contributed by atoms with Gasteiger partial charge in [-0.25, -0.2) is 0 Å². The van der Waals surface area contributed by atoms with Crippen LogP contribution in [-0.2, 0) is 9.59 Å². The van der Waals surface area contributed by atoms with Gasteiger partial charge in [-0.3, -0.25) is 9.59 Å². The molecule has 4 heteroatoms. The van der Waals surface area contributed by atoms with Crippen LogP contribution in [0.5, 0.6) is 0 Å². The Morgan fingerprint density at radius 2 is 1.83 bits per heavy atom. The maximum atomic E-state index is 12.4. The zero-order valence-electron chi connectivity index (χ0n) is 12.2. The van der Waals surface area contributed by atoms with Gasteiger partial charge in [0.1, 0.15) is 12.1 Å². The Hall–Kier alpha value is -1.06. The van der Waals surface area contributed by atoms with Crippen LogP contribution in [0.15, 0.2) is 0 Å². The third kappa shape index (κ3) is 3.03. The molecule has 0 aromatic carbocycles. The number of carbonyl (C=O) groups excluding carboxylic acids is 2. The van der Waals surface area contributed by atoms with Gasteiger partial charge in [0, 0.05) is 6.54 Å². The van der Waals surface area contributed by atoms with Crippen LogP contribution in [0.1, 0.15) is 53.9 Å². The molecule has 1 heterocycles. The minimum absolute atomic E-state index is 0.00921. The highest BCUT2D eigenvalue weighted by Crippen LogP contribution is 2.28. The predicted octanol–water partition coefficient (Wildman–Crippen LogP) is 1.94. The second-order valence-electron chi connectivity index (χ2n) is 6.12. The van der Waals surface area contributed by atoms with Gasteiger partial charge in [0.25, 0.3) is 0 Å². The SMILES string of the molecule is CCCCN1C(=O)C(CC)NC(=O)C1C(C)(C)C. The molecule has 0 bridgehead atoms. The Balaban J connectivity index is 2.98. The first-order valence-electron chi connectivity index (χ1n) is 6.93. The van der Waals surface area contributed by atoms with E-state index in [1.807, 2.05) is 27.7 Å². The van der Waals surface area contributed by atoms with E-state index in [9.17, 15) is 9.59 Å². The molecule has 104 valence electrons. The third-order valence-corrected chi connectivity index (χ3v) is 3.44. The van der Waals surface area contributed by atoms with Gasteiger partial charge < -0.3 is 10.2 Å². The van der Waals surface area contributed by atoms with Gasteiger partial charge >= 0.3 is 0 Å². The van der Waals surface area contributed by atoms with Crippen LogP contribution in [0.25, 0.3) is 0 Å². The van der Waals surface area contributed by atoms with Crippen molar-refractivity contribution in [3.63, 3.8) is 0 Å². The Morgan fingerprint density at radius 1 is 1.22 bits per heavy atom. The lowest BCUT2D eigenvalue weighted by Crippen LogP contribution is -2.66. The highest BCUT2D eigenvalue weighted by Gasteiger charge is 2.44. The van der Waals surface area contributed by atoms with Gasteiger partial charge in [-0.15, -0.1) is 0 Å². The molecule has 18 heavy (non-hydrogen) atoms. The normalized spacial score (nSPS) is 25.3. The Labute approximate surface area is 110 Å². The first-order chi connectivity index (χ1) is 8.32. The first kappa shape index (κ1) is 15.0. The minimum Gasteiger partial charge on any atom is -0.342 e. The summed E-state index contributed by atoms with van der Waals surface area (Å²) in [5, 5.41) is 2.85. The molecule has 0 radical (unpaired) electrons. The second kappa shape index (κ2) is 5.72. The molecule has 0 spiro atoms. The van der Waals surface area contributed by atoms with E-state index in [-0.39, 0.29) is 29.3 Å². The Morgan fingerprint density at radius 3 is 2.28 bits per heavy atom. The number of hydrogen-bond donors (Lipinski definition) is 1. The van der Waals surface area contributed by atoms with E-state index in [4.69, 9.17) is 0 Å². The molecule has 2 atom stereocenters. The average molecular weight is 254 g/mol. The molecular weight excluding hydrogens is 228 g/mol.